The van der Waals surface area contributed by atoms with E-state index in [0.29, 0.717) is 28.4 Å². The van der Waals surface area contributed by atoms with Crippen molar-refractivity contribution >= 4 is 16.6 Å². The molecule has 6 rings (SSSR count). The van der Waals surface area contributed by atoms with E-state index in [9.17, 15) is 9.90 Å². The fourth-order valence-electron chi connectivity index (χ4n) is 4.91. The van der Waals surface area contributed by atoms with Gasteiger partial charge in [0, 0.05) is 41.8 Å². The van der Waals surface area contributed by atoms with Gasteiger partial charge >= 0.3 is 0 Å². The average molecular weight is 439 g/mol. The number of nitrogens with zero attached hydrogens (tertiary/aromatic N) is 2. The lowest BCUT2D eigenvalue weighted by Gasteiger charge is -2.31. The Morgan fingerprint density at radius 3 is 2.61 bits per heavy atom. The van der Waals surface area contributed by atoms with E-state index in [1.807, 2.05) is 34.9 Å². The van der Waals surface area contributed by atoms with E-state index in [0.717, 1.165) is 35.3 Å². The zero-order chi connectivity index (χ0) is 22.5. The number of rotatable bonds is 5. The Morgan fingerprint density at radius 1 is 1.06 bits per heavy atom. The molecule has 6 nitrogen and oxygen atoms in total. The third kappa shape index (κ3) is 3.43. The summed E-state index contributed by atoms with van der Waals surface area (Å²) in [6.45, 7) is 1.48. The van der Waals surface area contributed by atoms with Gasteiger partial charge in [-0.2, -0.15) is 0 Å². The third-order valence-electron chi connectivity index (χ3n) is 6.96. The monoisotopic (exact) mass is 438 g/mol. The summed E-state index contributed by atoms with van der Waals surface area (Å²) in [7, 11) is 0. The molecule has 0 bridgehead atoms. The van der Waals surface area contributed by atoms with Gasteiger partial charge in [0.1, 0.15) is 5.82 Å². The Bertz CT molecular complexity index is 1430. The van der Waals surface area contributed by atoms with Gasteiger partial charge in [-0.25, -0.2) is 4.98 Å². The van der Waals surface area contributed by atoms with Crippen molar-refractivity contribution < 1.29 is 5.11 Å². The summed E-state index contributed by atoms with van der Waals surface area (Å²) < 4.78 is 1.81. The Kier molecular flexibility index (Phi) is 4.78. The Labute approximate surface area is 191 Å². The molecule has 1 aliphatic heterocycles. The summed E-state index contributed by atoms with van der Waals surface area (Å²) in [4.78, 5) is 18.0. The predicted octanol–water partition coefficient (Wildman–Crippen LogP) is 3.69. The predicted molar refractivity (Wildman–Crippen MR) is 131 cm³/mol. The number of pyridine rings is 2. The second kappa shape index (κ2) is 7.83. The van der Waals surface area contributed by atoms with Gasteiger partial charge < -0.3 is 16.2 Å². The van der Waals surface area contributed by atoms with Gasteiger partial charge in [0.15, 0.2) is 0 Å². The number of hydrogen-bond acceptors (Lipinski definition) is 5. The average Bonchev–Trinajstić information content (AvgIpc) is 3.63. The van der Waals surface area contributed by atoms with Crippen LogP contribution in [0.2, 0.25) is 0 Å². The Hall–Kier alpha value is -3.48. The van der Waals surface area contributed by atoms with E-state index in [2.05, 4.69) is 28.5 Å². The summed E-state index contributed by atoms with van der Waals surface area (Å²) in [6, 6.07) is 17.9. The van der Waals surface area contributed by atoms with E-state index in [1.165, 1.54) is 18.4 Å². The van der Waals surface area contributed by atoms with Gasteiger partial charge in [-0.05, 0) is 71.2 Å². The van der Waals surface area contributed by atoms with Gasteiger partial charge in [-0.15, -0.1) is 0 Å². The van der Waals surface area contributed by atoms with Crippen LogP contribution in [-0.4, -0.2) is 27.7 Å². The standard InChI is InChI=1S/C27H26N4O2/c28-26-12-18(8-9-30-26)21-2-1-3-24(23(21)15-32)31-25(20-13-29-14-20)11-19-10-17(16-4-5-16)6-7-22(19)27(31)33/h1-3,6-12,16,20,29,32H,4-5,13-15H2,(H2,28,30). The van der Waals surface area contributed by atoms with Gasteiger partial charge in [0.2, 0.25) is 0 Å². The topological polar surface area (TPSA) is 93.2 Å². The molecule has 2 fully saturated rings. The number of anilines is 1. The van der Waals surface area contributed by atoms with E-state index in [-0.39, 0.29) is 18.1 Å². The first-order valence-electron chi connectivity index (χ1n) is 11.5. The van der Waals surface area contributed by atoms with E-state index < -0.39 is 0 Å². The summed E-state index contributed by atoms with van der Waals surface area (Å²) in [5, 5.41) is 15.5. The van der Waals surface area contributed by atoms with Crippen LogP contribution >= 0.6 is 0 Å². The highest BCUT2D eigenvalue weighted by molar-refractivity contribution is 5.84. The lowest BCUT2D eigenvalue weighted by molar-refractivity contribution is 0.282. The van der Waals surface area contributed by atoms with Crippen molar-refractivity contribution in [3.05, 3.63) is 88.0 Å². The van der Waals surface area contributed by atoms with Crippen LogP contribution in [0.3, 0.4) is 0 Å². The fourth-order valence-corrected chi connectivity index (χ4v) is 4.91. The number of nitrogens with two attached hydrogens (primary N) is 1. The molecular weight excluding hydrogens is 412 g/mol. The van der Waals surface area contributed by atoms with Gasteiger partial charge in [0.05, 0.1) is 12.3 Å². The molecule has 2 aliphatic rings. The van der Waals surface area contributed by atoms with Crippen LogP contribution in [0.4, 0.5) is 5.82 Å². The molecule has 33 heavy (non-hydrogen) atoms. The zero-order valence-electron chi connectivity index (χ0n) is 18.3. The van der Waals surface area contributed by atoms with E-state index >= 15 is 0 Å². The van der Waals surface area contributed by atoms with Crippen molar-refractivity contribution in [2.24, 2.45) is 0 Å². The minimum Gasteiger partial charge on any atom is -0.392 e. The second-order valence-corrected chi connectivity index (χ2v) is 9.12. The molecule has 1 aliphatic carbocycles. The Balaban J connectivity index is 1.61. The molecule has 0 amide bonds. The lowest BCUT2D eigenvalue weighted by Crippen LogP contribution is -2.42. The normalized spacial score (nSPS) is 16.2. The molecule has 0 radical (unpaired) electrons. The first-order valence-corrected chi connectivity index (χ1v) is 11.5. The molecule has 1 saturated heterocycles. The summed E-state index contributed by atoms with van der Waals surface area (Å²) in [5.74, 6) is 1.30. The van der Waals surface area contributed by atoms with E-state index in [1.54, 1.807) is 12.3 Å². The lowest BCUT2D eigenvalue weighted by atomic mass is 9.93. The van der Waals surface area contributed by atoms with Crippen LogP contribution in [-0.2, 0) is 6.61 Å². The van der Waals surface area contributed by atoms with Crippen LogP contribution in [0.1, 0.15) is 41.5 Å². The van der Waals surface area contributed by atoms with Gasteiger partial charge in [-0.1, -0.05) is 24.3 Å². The number of nitrogens with one attached hydrogen (secondary N) is 1. The molecule has 0 unspecified atom stereocenters. The fraction of sp³-hybridized carbons (Fsp3) is 0.259. The quantitative estimate of drug-likeness (QED) is 0.442. The maximum atomic E-state index is 13.9. The number of aliphatic hydroxyl groups excluding tert-OH is 1. The number of benzene rings is 2. The third-order valence-corrected chi connectivity index (χ3v) is 6.96. The maximum Gasteiger partial charge on any atom is 0.263 e. The Morgan fingerprint density at radius 2 is 1.91 bits per heavy atom. The van der Waals surface area contributed by atoms with Crippen molar-refractivity contribution in [3.63, 3.8) is 0 Å². The highest BCUT2D eigenvalue weighted by Gasteiger charge is 2.27. The number of aromatic nitrogens is 2. The summed E-state index contributed by atoms with van der Waals surface area (Å²) >= 11 is 0. The molecular formula is C27H26N4O2. The van der Waals surface area contributed by atoms with Crippen LogP contribution in [0.5, 0.6) is 0 Å². The molecule has 166 valence electrons. The van der Waals surface area contributed by atoms with Crippen LogP contribution in [0.25, 0.3) is 27.6 Å². The van der Waals surface area contributed by atoms with E-state index in [4.69, 9.17) is 5.73 Å². The summed E-state index contributed by atoms with van der Waals surface area (Å²) in [5.41, 5.74) is 11.3. The molecule has 4 aromatic rings. The number of fused-ring (bicyclic) bond motifs is 1. The zero-order valence-corrected chi connectivity index (χ0v) is 18.3. The molecule has 2 aromatic heterocycles. The molecule has 4 N–H and O–H groups in total. The van der Waals surface area contributed by atoms with Gasteiger partial charge in [-0.3, -0.25) is 9.36 Å². The van der Waals surface area contributed by atoms with Crippen molar-refractivity contribution in [2.75, 3.05) is 18.8 Å². The number of hydrogen-bond donors (Lipinski definition) is 3. The highest BCUT2D eigenvalue weighted by Crippen LogP contribution is 2.41. The summed E-state index contributed by atoms with van der Waals surface area (Å²) in [6.07, 6.45) is 4.12. The SMILES string of the molecule is Nc1cc(-c2cccc(-n3c(C4CNC4)cc4cc(C5CC5)ccc4c3=O)c2CO)ccn1. The molecule has 2 aromatic carbocycles. The minimum atomic E-state index is -0.193. The molecule has 1 saturated carbocycles. The highest BCUT2D eigenvalue weighted by atomic mass is 16.3. The van der Waals surface area contributed by atoms with Gasteiger partial charge in [0.25, 0.3) is 5.56 Å². The van der Waals surface area contributed by atoms with Crippen LogP contribution in [0.15, 0.2) is 65.6 Å². The largest absolute Gasteiger partial charge is 0.392 e. The minimum absolute atomic E-state index is 0.0437. The molecule has 3 heterocycles. The van der Waals surface area contributed by atoms with Crippen molar-refractivity contribution in [1.82, 2.24) is 14.9 Å². The molecule has 6 heteroatoms. The first-order chi connectivity index (χ1) is 16.1. The molecule has 0 spiro atoms. The van der Waals surface area contributed by atoms with Crippen molar-refractivity contribution in [2.45, 2.75) is 31.3 Å². The second-order valence-electron chi connectivity index (χ2n) is 9.12. The maximum absolute atomic E-state index is 13.9. The van der Waals surface area contributed by atoms with Crippen molar-refractivity contribution in [1.29, 1.82) is 0 Å². The first kappa shape index (κ1) is 20.1. The number of aliphatic hydroxyl groups is 1. The van der Waals surface area contributed by atoms with Crippen LogP contribution in [0, 0.1) is 0 Å². The number of nitrogen functional groups attached to an aromatic ring is 1. The smallest absolute Gasteiger partial charge is 0.263 e. The molecule has 0 atom stereocenters. The van der Waals surface area contributed by atoms with Crippen LogP contribution < -0.4 is 16.6 Å². The van der Waals surface area contributed by atoms with Crippen molar-refractivity contribution in [3.8, 4) is 16.8 Å².